The van der Waals surface area contributed by atoms with Gasteiger partial charge < -0.3 is 5.11 Å². The Kier molecular flexibility index (Phi) is 5.32. The summed E-state index contributed by atoms with van der Waals surface area (Å²) in [6.45, 7) is 4.41. The summed E-state index contributed by atoms with van der Waals surface area (Å²) in [6.07, 6.45) is 3.84. The number of pyridine rings is 1. The van der Waals surface area contributed by atoms with Crippen LogP contribution in [0.1, 0.15) is 37.0 Å². The lowest BCUT2D eigenvalue weighted by molar-refractivity contribution is 0.0696. The van der Waals surface area contributed by atoms with Crippen molar-refractivity contribution in [3.05, 3.63) is 23.9 Å². The summed E-state index contributed by atoms with van der Waals surface area (Å²) in [5.41, 5.74) is 0.242. The maximum Gasteiger partial charge on any atom is 0.337 e. The molecule has 0 fully saturated rings. The predicted octanol–water partition coefficient (Wildman–Crippen LogP) is 3.31. The molecule has 0 saturated carbocycles. The van der Waals surface area contributed by atoms with Crippen LogP contribution in [0, 0.1) is 5.92 Å². The molecule has 88 valence electrons. The molecule has 0 amide bonds. The average molecular weight is 239 g/mol. The van der Waals surface area contributed by atoms with Crippen molar-refractivity contribution in [1.82, 2.24) is 4.98 Å². The van der Waals surface area contributed by atoms with Gasteiger partial charge in [-0.25, -0.2) is 9.78 Å². The summed E-state index contributed by atoms with van der Waals surface area (Å²) in [7, 11) is 0. The van der Waals surface area contributed by atoms with Gasteiger partial charge in [0, 0.05) is 11.9 Å². The first-order valence-electron chi connectivity index (χ1n) is 5.45. The summed E-state index contributed by atoms with van der Waals surface area (Å²) < 4.78 is 0. The van der Waals surface area contributed by atoms with Crippen molar-refractivity contribution in [2.24, 2.45) is 5.92 Å². The number of hydrogen-bond donors (Lipinski definition) is 1. The second kappa shape index (κ2) is 6.53. The molecule has 16 heavy (non-hydrogen) atoms. The molecular weight excluding hydrogens is 222 g/mol. The summed E-state index contributed by atoms with van der Waals surface area (Å²) in [5.74, 6) is 0.784. The smallest absolute Gasteiger partial charge is 0.337 e. The molecule has 1 aromatic heterocycles. The van der Waals surface area contributed by atoms with Gasteiger partial charge in [-0.15, -0.1) is 11.8 Å². The van der Waals surface area contributed by atoms with E-state index in [0.29, 0.717) is 5.92 Å². The highest BCUT2D eigenvalue weighted by Gasteiger charge is 2.05. The maximum atomic E-state index is 10.6. The predicted molar refractivity (Wildman–Crippen MR) is 66.0 cm³/mol. The third-order valence-electron chi connectivity index (χ3n) is 2.28. The fraction of sp³-hybridized carbons (Fsp3) is 0.500. The zero-order valence-electron chi connectivity index (χ0n) is 9.64. The van der Waals surface area contributed by atoms with Crippen LogP contribution in [0.4, 0.5) is 0 Å². The number of carboxylic acid groups (broad SMARTS) is 1. The Morgan fingerprint density at radius 3 is 2.81 bits per heavy atom. The van der Waals surface area contributed by atoms with Crippen molar-refractivity contribution >= 4 is 17.7 Å². The molecule has 0 saturated heterocycles. The zero-order valence-corrected chi connectivity index (χ0v) is 10.5. The SMILES string of the molecule is CCCC(C)CSc1ccc(C(=O)O)cn1. The van der Waals surface area contributed by atoms with Crippen LogP contribution < -0.4 is 0 Å². The van der Waals surface area contributed by atoms with E-state index in [4.69, 9.17) is 5.11 Å². The topological polar surface area (TPSA) is 50.2 Å². The Balaban J connectivity index is 2.46. The fourth-order valence-corrected chi connectivity index (χ4v) is 2.31. The third-order valence-corrected chi connectivity index (χ3v) is 3.55. The van der Waals surface area contributed by atoms with Gasteiger partial charge in [-0.05, 0) is 18.1 Å². The average Bonchev–Trinajstić information content (AvgIpc) is 2.27. The van der Waals surface area contributed by atoms with Crippen molar-refractivity contribution < 1.29 is 9.90 Å². The molecule has 0 spiro atoms. The number of carboxylic acids is 1. The number of carbonyl (C=O) groups is 1. The Morgan fingerprint density at radius 2 is 2.31 bits per heavy atom. The fourth-order valence-electron chi connectivity index (χ4n) is 1.40. The van der Waals surface area contributed by atoms with Crippen LogP contribution in [-0.2, 0) is 0 Å². The van der Waals surface area contributed by atoms with Gasteiger partial charge in [-0.3, -0.25) is 0 Å². The van der Waals surface area contributed by atoms with Crippen molar-refractivity contribution in [2.75, 3.05) is 5.75 Å². The van der Waals surface area contributed by atoms with E-state index in [1.165, 1.54) is 19.0 Å². The molecule has 1 N–H and O–H groups in total. The first kappa shape index (κ1) is 13.0. The normalized spacial score (nSPS) is 12.4. The van der Waals surface area contributed by atoms with Crippen LogP contribution in [-0.4, -0.2) is 21.8 Å². The highest BCUT2D eigenvalue weighted by molar-refractivity contribution is 7.99. The Hall–Kier alpha value is -1.03. The zero-order chi connectivity index (χ0) is 12.0. The van der Waals surface area contributed by atoms with E-state index in [9.17, 15) is 4.79 Å². The molecule has 1 aromatic rings. The van der Waals surface area contributed by atoms with Crippen LogP contribution >= 0.6 is 11.8 Å². The molecule has 4 heteroatoms. The molecule has 0 aliphatic carbocycles. The molecule has 1 unspecified atom stereocenters. The summed E-state index contributed by atoms with van der Waals surface area (Å²) >= 11 is 1.68. The minimum atomic E-state index is -0.927. The molecule has 1 heterocycles. The highest BCUT2D eigenvalue weighted by atomic mass is 32.2. The largest absolute Gasteiger partial charge is 0.478 e. The lowest BCUT2D eigenvalue weighted by Crippen LogP contribution is -1.99. The molecule has 0 aromatic carbocycles. The maximum absolute atomic E-state index is 10.6. The first-order valence-corrected chi connectivity index (χ1v) is 6.44. The van der Waals surface area contributed by atoms with Gasteiger partial charge in [0.1, 0.15) is 0 Å². The van der Waals surface area contributed by atoms with E-state index < -0.39 is 5.97 Å². The van der Waals surface area contributed by atoms with Crippen LogP contribution in [0.2, 0.25) is 0 Å². The number of nitrogens with zero attached hydrogens (tertiary/aromatic N) is 1. The van der Waals surface area contributed by atoms with E-state index in [0.717, 1.165) is 10.8 Å². The van der Waals surface area contributed by atoms with Crippen molar-refractivity contribution in [3.8, 4) is 0 Å². The van der Waals surface area contributed by atoms with Crippen LogP contribution in [0.15, 0.2) is 23.4 Å². The Labute approximate surface area is 100 Å². The molecule has 0 radical (unpaired) electrons. The number of aromatic nitrogens is 1. The van der Waals surface area contributed by atoms with Gasteiger partial charge in [0.05, 0.1) is 10.6 Å². The van der Waals surface area contributed by atoms with Crippen LogP contribution in [0.3, 0.4) is 0 Å². The first-order chi connectivity index (χ1) is 7.63. The lowest BCUT2D eigenvalue weighted by atomic mass is 10.1. The Bertz CT molecular complexity index is 337. The summed E-state index contributed by atoms with van der Waals surface area (Å²) in [5, 5.41) is 9.61. The molecule has 0 aliphatic rings. The molecular formula is C12H17NO2S. The van der Waals surface area contributed by atoms with E-state index in [-0.39, 0.29) is 5.56 Å². The quantitative estimate of drug-likeness (QED) is 0.774. The monoisotopic (exact) mass is 239 g/mol. The number of hydrogen-bond acceptors (Lipinski definition) is 3. The van der Waals surface area contributed by atoms with Gasteiger partial charge >= 0.3 is 5.97 Å². The van der Waals surface area contributed by atoms with Crippen LogP contribution in [0.5, 0.6) is 0 Å². The molecule has 0 aliphatic heterocycles. The second-order valence-corrected chi connectivity index (χ2v) is 4.94. The third kappa shape index (κ3) is 4.23. The lowest BCUT2D eigenvalue weighted by Gasteiger charge is -2.08. The minimum absolute atomic E-state index is 0.242. The summed E-state index contributed by atoms with van der Waals surface area (Å²) in [6, 6.07) is 3.37. The minimum Gasteiger partial charge on any atom is -0.478 e. The van der Waals surface area contributed by atoms with Gasteiger partial charge in [-0.1, -0.05) is 26.7 Å². The molecule has 3 nitrogen and oxygen atoms in total. The summed E-state index contributed by atoms with van der Waals surface area (Å²) in [4.78, 5) is 14.7. The van der Waals surface area contributed by atoms with Crippen LogP contribution in [0.25, 0.3) is 0 Å². The number of thioether (sulfide) groups is 1. The number of aromatic carboxylic acids is 1. The van der Waals surface area contributed by atoms with Gasteiger partial charge in [0.25, 0.3) is 0 Å². The van der Waals surface area contributed by atoms with E-state index >= 15 is 0 Å². The van der Waals surface area contributed by atoms with E-state index in [2.05, 4.69) is 18.8 Å². The Morgan fingerprint density at radius 1 is 1.56 bits per heavy atom. The molecule has 0 bridgehead atoms. The molecule has 1 atom stereocenters. The highest BCUT2D eigenvalue weighted by Crippen LogP contribution is 2.20. The van der Waals surface area contributed by atoms with Gasteiger partial charge in [0.2, 0.25) is 0 Å². The van der Waals surface area contributed by atoms with Crippen molar-refractivity contribution in [2.45, 2.75) is 31.7 Å². The van der Waals surface area contributed by atoms with E-state index in [1.807, 2.05) is 0 Å². The van der Waals surface area contributed by atoms with Crippen molar-refractivity contribution in [1.29, 1.82) is 0 Å². The van der Waals surface area contributed by atoms with Gasteiger partial charge in [-0.2, -0.15) is 0 Å². The number of rotatable bonds is 6. The van der Waals surface area contributed by atoms with Crippen molar-refractivity contribution in [3.63, 3.8) is 0 Å². The van der Waals surface area contributed by atoms with E-state index in [1.54, 1.807) is 23.9 Å². The molecule has 1 rings (SSSR count). The second-order valence-electron chi connectivity index (χ2n) is 3.90. The standard InChI is InChI=1S/C12H17NO2S/c1-3-4-9(2)8-16-11-6-5-10(7-13-11)12(14)15/h5-7,9H,3-4,8H2,1-2H3,(H,14,15). The van der Waals surface area contributed by atoms with Gasteiger partial charge in [0.15, 0.2) is 0 Å².